The first-order chi connectivity index (χ1) is 12.7. The molecule has 2 N–H and O–H groups in total. The van der Waals surface area contributed by atoms with Crippen molar-refractivity contribution in [3.05, 3.63) is 55.6 Å². The van der Waals surface area contributed by atoms with E-state index in [2.05, 4.69) is 43.9 Å². The average Bonchev–Trinajstić information content (AvgIpc) is 3.38. The van der Waals surface area contributed by atoms with Crippen LogP contribution in [0.25, 0.3) is 22.2 Å². The SMILES string of the molecule is C=CC(=O)NC.c1cncc(-c2c[nH]c3ncc(N4CCCC4)cc23)c1. The van der Waals surface area contributed by atoms with Crippen molar-refractivity contribution in [3.8, 4) is 11.1 Å². The lowest BCUT2D eigenvalue weighted by atomic mass is 10.1. The van der Waals surface area contributed by atoms with Gasteiger partial charge in [-0.25, -0.2) is 4.98 Å². The Bertz CT molecular complexity index is 882. The number of pyridine rings is 2. The lowest BCUT2D eigenvalue weighted by Gasteiger charge is -2.17. The molecule has 1 aliphatic heterocycles. The predicted octanol–water partition coefficient (Wildman–Crippen LogP) is 3.14. The summed E-state index contributed by atoms with van der Waals surface area (Å²) in [5.41, 5.74) is 4.45. The Morgan fingerprint density at radius 2 is 2.15 bits per heavy atom. The van der Waals surface area contributed by atoms with Crippen LogP contribution < -0.4 is 10.2 Å². The molecule has 0 aliphatic carbocycles. The molecule has 4 rings (SSSR count). The summed E-state index contributed by atoms with van der Waals surface area (Å²) in [6.07, 6.45) is 11.5. The summed E-state index contributed by atoms with van der Waals surface area (Å²) in [7, 11) is 1.56. The number of fused-ring (bicyclic) bond motifs is 1. The molecule has 1 amide bonds. The predicted molar refractivity (Wildman–Crippen MR) is 105 cm³/mol. The van der Waals surface area contributed by atoms with Gasteiger partial charge in [0.15, 0.2) is 0 Å². The first kappa shape index (κ1) is 17.7. The lowest BCUT2D eigenvalue weighted by Crippen LogP contribution is -2.17. The van der Waals surface area contributed by atoms with Crippen LogP contribution >= 0.6 is 0 Å². The van der Waals surface area contributed by atoms with E-state index < -0.39 is 0 Å². The number of amides is 1. The molecule has 0 saturated carbocycles. The molecule has 1 aliphatic rings. The number of carbonyl (C=O) groups is 1. The zero-order valence-corrected chi connectivity index (χ0v) is 14.9. The molecular formula is C20H23N5O. The summed E-state index contributed by atoms with van der Waals surface area (Å²) < 4.78 is 0. The van der Waals surface area contributed by atoms with Gasteiger partial charge in [-0.2, -0.15) is 0 Å². The molecule has 6 nitrogen and oxygen atoms in total. The Morgan fingerprint density at radius 1 is 1.35 bits per heavy atom. The van der Waals surface area contributed by atoms with Crippen molar-refractivity contribution < 1.29 is 4.79 Å². The van der Waals surface area contributed by atoms with Crippen molar-refractivity contribution in [2.24, 2.45) is 0 Å². The number of rotatable bonds is 3. The molecule has 0 aromatic carbocycles. The van der Waals surface area contributed by atoms with Crippen LogP contribution in [0.1, 0.15) is 12.8 Å². The Hall–Kier alpha value is -3.15. The number of nitrogens with zero attached hydrogens (tertiary/aromatic N) is 3. The summed E-state index contributed by atoms with van der Waals surface area (Å²) >= 11 is 0. The van der Waals surface area contributed by atoms with E-state index in [1.807, 2.05) is 24.7 Å². The smallest absolute Gasteiger partial charge is 0.243 e. The van der Waals surface area contributed by atoms with Gasteiger partial charge in [0.2, 0.25) is 5.91 Å². The van der Waals surface area contributed by atoms with Crippen LogP contribution in [0.2, 0.25) is 0 Å². The van der Waals surface area contributed by atoms with Crippen LogP contribution in [0, 0.1) is 0 Å². The second kappa shape index (κ2) is 8.29. The van der Waals surface area contributed by atoms with Gasteiger partial charge >= 0.3 is 0 Å². The van der Waals surface area contributed by atoms with Gasteiger partial charge in [-0.1, -0.05) is 12.6 Å². The minimum absolute atomic E-state index is 0.144. The number of aromatic nitrogens is 3. The molecule has 134 valence electrons. The summed E-state index contributed by atoms with van der Waals surface area (Å²) in [6.45, 7) is 5.50. The van der Waals surface area contributed by atoms with Gasteiger partial charge in [0.25, 0.3) is 0 Å². The third-order valence-electron chi connectivity index (χ3n) is 4.39. The Labute approximate surface area is 153 Å². The quantitative estimate of drug-likeness (QED) is 0.713. The maximum absolute atomic E-state index is 9.95. The molecule has 6 heteroatoms. The first-order valence-corrected chi connectivity index (χ1v) is 8.69. The van der Waals surface area contributed by atoms with Crippen molar-refractivity contribution in [2.45, 2.75) is 12.8 Å². The summed E-state index contributed by atoms with van der Waals surface area (Å²) in [5.74, 6) is -0.144. The lowest BCUT2D eigenvalue weighted by molar-refractivity contribution is -0.116. The Morgan fingerprint density at radius 3 is 2.77 bits per heavy atom. The van der Waals surface area contributed by atoms with Gasteiger partial charge in [0.1, 0.15) is 5.65 Å². The standard InChI is InChI=1S/C16H16N4.C4H7NO/c1-2-7-20(6-1)13-8-14-15(11-19-16(14)18-10-13)12-4-3-5-17-9-12;1-3-4(6)5-2/h3-5,8-11H,1-2,6-7H2,(H,18,19);3H,1H2,2H3,(H,5,6). The van der Waals surface area contributed by atoms with Crippen LogP contribution in [0.15, 0.2) is 55.6 Å². The summed E-state index contributed by atoms with van der Waals surface area (Å²) in [6, 6.07) is 6.29. The van der Waals surface area contributed by atoms with Crippen molar-refractivity contribution in [2.75, 3.05) is 25.0 Å². The van der Waals surface area contributed by atoms with Gasteiger partial charge in [-0.15, -0.1) is 0 Å². The third-order valence-corrected chi connectivity index (χ3v) is 4.39. The van der Waals surface area contributed by atoms with Gasteiger partial charge in [-0.3, -0.25) is 9.78 Å². The van der Waals surface area contributed by atoms with Crippen molar-refractivity contribution in [1.29, 1.82) is 0 Å². The molecular weight excluding hydrogens is 326 g/mol. The molecule has 0 bridgehead atoms. The van der Waals surface area contributed by atoms with Gasteiger partial charge in [0, 0.05) is 55.2 Å². The van der Waals surface area contributed by atoms with E-state index in [0.717, 1.165) is 24.3 Å². The normalized spacial score (nSPS) is 13.2. The van der Waals surface area contributed by atoms with Crippen molar-refractivity contribution in [3.63, 3.8) is 0 Å². The molecule has 26 heavy (non-hydrogen) atoms. The van der Waals surface area contributed by atoms with Gasteiger partial charge in [-0.05, 0) is 31.1 Å². The van der Waals surface area contributed by atoms with Crippen LogP contribution in [-0.4, -0.2) is 41.0 Å². The molecule has 0 unspecified atom stereocenters. The van der Waals surface area contributed by atoms with Gasteiger partial charge < -0.3 is 15.2 Å². The molecule has 0 atom stereocenters. The maximum Gasteiger partial charge on any atom is 0.243 e. The second-order valence-electron chi connectivity index (χ2n) is 6.05. The molecule has 0 radical (unpaired) electrons. The molecule has 1 fully saturated rings. The van der Waals surface area contributed by atoms with Crippen LogP contribution in [-0.2, 0) is 4.79 Å². The minimum atomic E-state index is -0.144. The number of carbonyl (C=O) groups excluding carboxylic acids is 1. The largest absolute Gasteiger partial charge is 0.370 e. The van der Waals surface area contributed by atoms with E-state index >= 15 is 0 Å². The highest BCUT2D eigenvalue weighted by Gasteiger charge is 2.15. The van der Waals surface area contributed by atoms with E-state index in [1.54, 1.807) is 13.2 Å². The van der Waals surface area contributed by atoms with E-state index in [4.69, 9.17) is 0 Å². The fourth-order valence-corrected chi connectivity index (χ4v) is 3.00. The van der Waals surface area contributed by atoms with E-state index in [1.165, 1.54) is 35.6 Å². The van der Waals surface area contributed by atoms with Crippen LogP contribution in [0.4, 0.5) is 5.69 Å². The number of anilines is 1. The topological polar surface area (TPSA) is 73.9 Å². The highest BCUT2D eigenvalue weighted by atomic mass is 16.1. The fourth-order valence-electron chi connectivity index (χ4n) is 3.00. The van der Waals surface area contributed by atoms with Gasteiger partial charge in [0.05, 0.1) is 11.9 Å². The monoisotopic (exact) mass is 349 g/mol. The minimum Gasteiger partial charge on any atom is -0.370 e. The Kier molecular flexibility index (Phi) is 5.63. The molecule has 3 aromatic rings. The zero-order chi connectivity index (χ0) is 18.4. The maximum atomic E-state index is 9.95. The number of nitrogens with one attached hydrogen (secondary N) is 2. The van der Waals surface area contributed by atoms with E-state index in [9.17, 15) is 4.79 Å². The van der Waals surface area contributed by atoms with Crippen LogP contribution in [0.3, 0.4) is 0 Å². The van der Waals surface area contributed by atoms with Crippen LogP contribution in [0.5, 0.6) is 0 Å². The highest BCUT2D eigenvalue weighted by Crippen LogP contribution is 2.30. The number of hydrogen-bond acceptors (Lipinski definition) is 4. The second-order valence-corrected chi connectivity index (χ2v) is 6.05. The Balaban J connectivity index is 0.000000286. The van der Waals surface area contributed by atoms with Crippen molar-refractivity contribution in [1.82, 2.24) is 20.3 Å². The van der Waals surface area contributed by atoms with Crippen molar-refractivity contribution >= 4 is 22.6 Å². The molecule has 1 saturated heterocycles. The number of likely N-dealkylation sites (N-methyl/N-ethyl adjacent to an activating group) is 1. The number of hydrogen-bond donors (Lipinski definition) is 2. The van der Waals surface area contributed by atoms with E-state index in [-0.39, 0.29) is 5.91 Å². The summed E-state index contributed by atoms with van der Waals surface area (Å²) in [4.78, 5) is 24.4. The first-order valence-electron chi connectivity index (χ1n) is 8.69. The molecule has 4 heterocycles. The zero-order valence-electron chi connectivity index (χ0n) is 14.9. The highest BCUT2D eigenvalue weighted by molar-refractivity contribution is 5.95. The third kappa shape index (κ3) is 3.91. The molecule has 3 aromatic heterocycles. The molecule has 0 spiro atoms. The average molecular weight is 349 g/mol. The summed E-state index contributed by atoms with van der Waals surface area (Å²) in [5, 5.41) is 3.53. The number of aromatic amines is 1. The number of H-pyrrole nitrogens is 1. The van der Waals surface area contributed by atoms with E-state index in [0.29, 0.717) is 0 Å². The fraction of sp³-hybridized carbons (Fsp3) is 0.250.